The number of para-hydroxylation sites is 1. The van der Waals surface area contributed by atoms with E-state index in [0.29, 0.717) is 0 Å². The van der Waals surface area contributed by atoms with Crippen LogP contribution in [-0.4, -0.2) is 27.2 Å². The molecule has 5 nitrogen and oxygen atoms in total. The molecule has 0 saturated carbocycles. The molecular weight excluding hydrogens is 272 g/mol. The lowest BCUT2D eigenvalue weighted by atomic mass is 10.1. The third-order valence-corrected chi connectivity index (χ3v) is 4.24. The third-order valence-electron chi connectivity index (χ3n) is 3.36. The van der Waals surface area contributed by atoms with Crippen LogP contribution < -0.4 is 10.1 Å². The lowest BCUT2D eigenvalue weighted by molar-refractivity contribution is 0.246. The summed E-state index contributed by atoms with van der Waals surface area (Å²) in [6.07, 6.45) is 3.05. The van der Waals surface area contributed by atoms with Gasteiger partial charge in [0.1, 0.15) is 11.9 Å². The van der Waals surface area contributed by atoms with Crippen molar-refractivity contribution in [2.24, 2.45) is 0 Å². The van der Waals surface area contributed by atoms with Gasteiger partial charge in [0.25, 0.3) is 0 Å². The number of nitrogens with zero attached hydrogens (tertiary/aromatic N) is 3. The van der Waals surface area contributed by atoms with Gasteiger partial charge in [0.15, 0.2) is 0 Å². The molecule has 102 valence electrons. The summed E-state index contributed by atoms with van der Waals surface area (Å²) in [7, 11) is 0. The van der Waals surface area contributed by atoms with Crippen LogP contribution in [0.2, 0.25) is 0 Å². The van der Waals surface area contributed by atoms with Crippen molar-refractivity contribution in [2.75, 3.05) is 11.9 Å². The Morgan fingerprint density at radius 3 is 3.20 bits per heavy atom. The fourth-order valence-electron chi connectivity index (χ4n) is 2.45. The van der Waals surface area contributed by atoms with Gasteiger partial charge >= 0.3 is 0 Å². The molecule has 0 radical (unpaired) electrons. The predicted molar refractivity (Wildman–Crippen MR) is 78.7 cm³/mol. The van der Waals surface area contributed by atoms with Crippen LogP contribution >= 0.6 is 11.3 Å². The fourth-order valence-corrected chi connectivity index (χ4v) is 3.28. The Morgan fingerprint density at radius 1 is 1.45 bits per heavy atom. The van der Waals surface area contributed by atoms with E-state index in [0.717, 1.165) is 34.5 Å². The molecule has 0 amide bonds. The van der Waals surface area contributed by atoms with Crippen molar-refractivity contribution in [1.82, 2.24) is 14.6 Å². The molecular formula is C14H14N4OS. The van der Waals surface area contributed by atoms with E-state index in [-0.39, 0.29) is 6.10 Å². The predicted octanol–water partition coefficient (Wildman–Crippen LogP) is 2.51. The first-order chi connectivity index (χ1) is 9.78. The van der Waals surface area contributed by atoms with E-state index in [1.54, 1.807) is 11.3 Å². The van der Waals surface area contributed by atoms with Gasteiger partial charge in [-0.3, -0.25) is 0 Å². The monoisotopic (exact) mass is 286 g/mol. The molecule has 1 N–H and O–H groups in total. The van der Waals surface area contributed by atoms with E-state index in [1.165, 1.54) is 5.56 Å². The largest absolute Gasteiger partial charge is 0.488 e. The maximum atomic E-state index is 5.90. The topological polar surface area (TPSA) is 51.5 Å². The maximum absolute atomic E-state index is 5.90. The highest BCUT2D eigenvalue weighted by Gasteiger charge is 2.22. The second-order valence-corrected chi connectivity index (χ2v) is 5.91. The van der Waals surface area contributed by atoms with Crippen molar-refractivity contribution in [3.05, 3.63) is 41.7 Å². The molecule has 1 aliphatic rings. The van der Waals surface area contributed by atoms with E-state index < -0.39 is 0 Å². The average Bonchev–Trinajstić information content (AvgIpc) is 3.07. The van der Waals surface area contributed by atoms with Crippen LogP contribution in [0.25, 0.3) is 4.96 Å². The number of fused-ring (bicyclic) bond motifs is 2. The van der Waals surface area contributed by atoms with Crippen LogP contribution in [0.1, 0.15) is 11.3 Å². The van der Waals surface area contributed by atoms with Crippen LogP contribution in [0.5, 0.6) is 5.75 Å². The first-order valence-corrected chi connectivity index (χ1v) is 7.41. The van der Waals surface area contributed by atoms with Gasteiger partial charge in [-0.15, -0.1) is 5.10 Å². The van der Waals surface area contributed by atoms with E-state index in [2.05, 4.69) is 27.5 Å². The molecule has 6 heteroatoms. The number of imidazole rings is 1. The summed E-state index contributed by atoms with van der Waals surface area (Å²) in [6, 6.07) is 8.20. The smallest absolute Gasteiger partial charge is 0.214 e. The van der Waals surface area contributed by atoms with E-state index >= 15 is 0 Å². The van der Waals surface area contributed by atoms with Crippen molar-refractivity contribution in [3.8, 4) is 5.75 Å². The SMILES string of the molecule is Cc1cn2nc(NC[C@H]3Cc4ccccc4O3)sc2n1. The molecule has 3 aromatic rings. The van der Waals surface area contributed by atoms with Gasteiger partial charge < -0.3 is 10.1 Å². The Labute approximate surface area is 120 Å². The Kier molecular flexibility index (Phi) is 2.63. The number of aromatic nitrogens is 3. The summed E-state index contributed by atoms with van der Waals surface area (Å²) in [5.41, 5.74) is 2.27. The lowest BCUT2D eigenvalue weighted by Crippen LogP contribution is -2.23. The highest BCUT2D eigenvalue weighted by molar-refractivity contribution is 7.20. The van der Waals surface area contributed by atoms with Crippen LogP contribution in [0.15, 0.2) is 30.5 Å². The summed E-state index contributed by atoms with van der Waals surface area (Å²) < 4.78 is 7.71. The number of rotatable bonds is 3. The molecule has 1 atom stereocenters. The molecule has 2 aromatic heterocycles. The highest BCUT2D eigenvalue weighted by atomic mass is 32.1. The zero-order chi connectivity index (χ0) is 13.5. The van der Waals surface area contributed by atoms with Crippen molar-refractivity contribution in [1.29, 1.82) is 0 Å². The molecule has 1 aliphatic heterocycles. The van der Waals surface area contributed by atoms with Gasteiger partial charge in [0, 0.05) is 6.42 Å². The summed E-state index contributed by atoms with van der Waals surface area (Å²) in [6.45, 7) is 2.72. The van der Waals surface area contributed by atoms with E-state index in [9.17, 15) is 0 Å². The third kappa shape index (κ3) is 2.02. The Bertz CT molecular complexity index is 707. The zero-order valence-corrected chi connectivity index (χ0v) is 11.9. The summed E-state index contributed by atoms with van der Waals surface area (Å²) in [4.78, 5) is 5.31. The Balaban J connectivity index is 1.42. The van der Waals surface area contributed by atoms with Crippen molar-refractivity contribution >= 4 is 21.4 Å². The van der Waals surface area contributed by atoms with Gasteiger partial charge in [-0.25, -0.2) is 9.50 Å². The van der Waals surface area contributed by atoms with Crippen LogP contribution in [0.3, 0.4) is 0 Å². The average molecular weight is 286 g/mol. The second kappa shape index (κ2) is 4.49. The van der Waals surface area contributed by atoms with Gasteiger partial charge in [0.05, 0.1) is 18.4 Å². The molecule has 3 heterocycles. The molecule has 0 spiro atoms. The molecule has 0 saturated heterocycles. The molecule has 4 rings (SSSR count). The van der Waals surface area contributed by atoms with Crippen molar-refractivity contribution in [3.63, 3.8) is 0 Å². The van der Waals surface area contributed by atoms with E-state index in [4.69, 9.17) is 4.74 Å². The number of nitrogens with one attached hydrogen (secondary N) is 1. The number of ether oxygens (including phenoxy) is 1. The second-order valence-electron chi connectivity index (χ2n) is 4.95. The van der Waals surface area contributed by atoms with Crippen LogP contribution in [0, 0.1) is 6.92 Å². The summed E-state index contributed by atoms with van der Waals surface area (Å²) >= 11 is 1.56. The normalized spacial score (nSPS) is 17.1. The van der Waals surface area contributed by atoms with Gasteiger partial charge in [-0.1, -0.05) is 29.5 Å². The number of benzene rings is 1. The Hall–Kier alpha value is -2.08. The molecule has 1 aromatic carbocycles. The van der Waals surface area contributed by atoms with E-state index in [1.807, 2.05) is 29.8 Å². The first kappa shape index (κ1) is 11.7. The standard InChI is InChI=1S/C14H14N4OS/c1-9-8-18-14(16-9)20-13(17-18)15-7-11-6-10-4-2-3-5-12(10)19-11/h2-5,8,11H,6-7H2,1H3,(H,15,17)/t11-/m1/s1. The molecule has 20 heavy (non-hydrogen) atoms. The fraction of sp³-hybridized carbons (Fsp3) is 0.286. The minimum absolute atomic E-state index is 0.172. The highest BCUT2D eigenvalue weighted by Crippen LogP contribution is 2.28. The minimum Gasteiger partial charge on any atom is -0.488 e. The number of aryl methyl sites for hydroxylation is 1. The number of anilines is 1. The molecule has 0 aliphatic carbocycles. The number of hydrogen-bond donors (Lipinski definition) is 1. The Morgan fingerprint density at radius 2 is 2.35 bits per heavy atom. The summed E-state index contributed by atoms with van der Waals surface area (Å²) in [5.74, 6) is 1.00. The van der Waals surface area contributed by atoms with Crippen LogP contribution in [0.4, 0.5) is 5.13 Å². The van der Waals surface area contributed by atoms with Gasteiger partial charge in [0.2, 0.25) is 10.1 Å². The van der Waals surface area contributed by atoms with Gasteiger partial charge in [-0.2, -0.15) is 0 Å². The minimum atomic E-state index is 0.172. The zero-order valence-electron chi connectivity index (χ0n) is 11.0. The van der Waals surface area contributed by atoms with Crippen molar-refractivity contribution in [2.45, 2.75) is 19.4 Å². The first-order valence-electron chi connectivity index (χ1n) is 6.59. The van der Waals surface area contributed by atoms with Crippen molar-refractivity contribution < 1.29 is 4.74 Å². The quantitative estimate of drug-likeness (QED) is 0.804. The molecule has 0 bridgehead atoms. The lowest BCUT2D eigenvalue weighted by Gasteiger charge is -2.10. The molecule has 0 unspecified atom stereocenters. The maximum Gasteiger partial charge on any atom is 0.214 e. The molecule has 0 fully saturated rings. The van der Waals surface area contributed by atoms with Gasteiger partial charge in [-0.05, 0) is 18.6 Å². The number of hydrogen-bond acceptors (Lipinski definition) is 5. The summed E-state index contributed by atoms with van der Waals surface area (Å²) in [5, 5.41) is 8.67. The van der Waals surface area contributed by atoms with Crippen LogP contribution in [-0.2, 0) is 6.42 Å².